The Kier molecular flexibility index (Phi) is 5.13. The van der Waals surface area contributed by atoms with E-state index < -0.39 is 9.84 Å². The van der Waals surface area contributed by atoms with Gasteiger partial charge in [0.05, 0.1) is 5.75 Å². The molecule has 0 amide bonds. The molecule has 0 spiro atoms. The van der Waals surface area contributed by atoms with Crippen molar-refractivity contribution in [1.82, 2.24) is 0 Å². The highest BCUT2D eigenvalue weighted by atomic mass is 35.5. The van der Waals surface area contributed by atoms with E-state index in [0.29, 0.717) is 5.88 Å². The number of sulfone groups is 1. The van der Waals surface area contributed by atoms with Crippen molar-refractivity contribution in [2.45, 2.75) is 0 Å². The van der Waals surface area contributed by atoms with Crippen LogP contribution in [0.15, 0.2) is 12.2 Å². The van der Waals surface area contributed by atoms with Crippen LogP contribution in [0.5, 0.6) is 0 Å². The van der Waals surface area contributed by atoms with Crippen molar-refractivity contribution >= 4 is 33.0 Å². The molecule has 0 rings (SSSR count). The molecule has 0 unspecified atom stereocenters. The molecule has 0 bridgehead atoms. The summed E-state index contributed by atoms with van der Waals surface area (Å²) in [6.07, 6.45) is 3.07. The Hall–Kier alpha value is 0.270. The van der Waals surface area contributed by atoms with Crippen molar-refractivity contribution in [3.05, 3.63) is 12.2 Å². The van der Waals surface area contributed by atoms with Crippen LogP contribution < -0.4 is 0 Å². The zero-order valence-electron chi connectivity index (χ0n) is 5.26. The van der Waals surface area contributed by atoms with Crippen LogP contribution in [0.3, 0.4) is 0 Å². The van der Waals surface area contributed by atoms with Crippen molar-refractivity contribution in [2.75, 3.05) is 16.8 Å². The van der Waals surface area contributed by atoms with E-state index in [2.05, 4.69) is 0 Å². The first kappa shape index (κ1) is 10.3. The molecule has 0 radical (unpaired) electrons. The van der Waals surface area contributed by atoms with Gasteiger partial charge in [-0.25, -0.2) is 8.42 Å². The van der Waals surface area contributed by atoms with E-state index in [1.165, 1.54) is 6.08 Å². The number of hydrogen-bond donors (Lipinski definition) is 0. The van der Waals surface area contributed by atoms with Gasteiger partial charge in [-0.15, -0.1) is 23.2 Å². The van der Waals surface area contributed by atoms with Crippen LogP contribution in [0.4, 0.5) is 0 Å². The normalized spacial score (nSPS) is 12.6. The van der Waals surface area contributed by atoms with Crippen molar-refractivity contribution in [3.63, 3.8) is 0 Å². The molecule has 0 saturated heterocycles. The minimum absolute atomic E-state index is 0.0246. The number of allylic oxidation sites excluding steroid dienone is 1. The largest absolute Gasteiger partial charge is 0.227 e. The summed E-state index contributed by atoms with van der Waals surface area (Å²) in [5.74, 6) is 0.307. The smallest absolute Gasteiger partial charge is 0.167 e. The van der Waals surface area contributed by atoms with Crippen LogP contribution in [0, 0.1) is 0 Å². The van der Waals surface area contributed by atoms with Crippen LogP contribution in [0.1, 0.15) is 0 Å². The van der Waals surface area contributed by atoms with Gasteiger partial charge in [0.1, 0.15) is 5.21 Å². The zero-order chi connectivity index (χ0) is 8.04. The Morgan fingerprint density at radius 1 is 1.20 bits per heavy atom. The highest BCUT2D eigenvalue weighted by molar-refractivity contribution is 7.92. The van der Waals surface area contributed by atoms with Gasteiger partial charge >= 0.3 is 0 Å². The van der Waals surface area contributed by atoms with Gasteiger partial charge in [-0.1, -0.05) is 12.2 Å². The Bertz CT molecular complexity index is 196. The molecular weight excluding hydrogens is 195 g/mol. The van der Waals surface area contributed by atoms with Gasteiger partial charge in [-0.2, -0.15) is 0 Å². The topological polar surface area (TPSA) is 34.1 Å². The van der Waals surface area contributed by atoms with Gasteiger partial charge in [-0.3, -0.25) is 0 Å². The van der Waals surface area contributed by atoms with Gasteiger partial charge in [0.15, 0.2) is 9.84 Å². The molecule has 0 atom stereocenters. The lowest BCUT2D eigenvalue weighted by atomic mass is 10.6. The fourth-order valence-corrected chi connectivity index (χ4v) is 1.23. The lowest BCUT2D eigenvalue weighted by molar-refractivity contribution is 0.603. The molecule has 0 aliphatic carbocycles. The van der Waals surface area contributed by atoms with Crippen molar-refractivity contribution < 1.29 is 8.42 Å². The maximum atomic E-state index is 10.6. The third kappa shape index (κ3) is 5.09. The molecule has 0 aromatic carbocycles. The number of alkyl halides is 2. The molecule has 2 nitrogen and oxygen atoms in total. The van der Waals surface area contributed by atoms with Gasteiger partial charge in [-0.05, 0) is 0 Å². The highest BCUT2D eigenvalue weighted by Crippen LogP contribution is 1.94. The number of rotatable bonds is 4. The van der Waals surface area contributed by atoms with Crippen molar-refractivity contribution in [3.8, 4) is 0 Å². The predicted octanol–water partition coefficient (Wildman–Crippen LogP) is 1.39. The first-order valence-electron chi connectivity index (χ1n) is 2.60. The summed E-state index contributed by atoms with van der Waals surface area (Å²) in [5.41, 5.74) is 0. The van der Waals surface area contributed by atoms with E-state index in [1.807, 2.05) is 0 Å². The van der Waals surface area contributed by atoms with E-state index >= 15 is 0 Å². The van der Waals surface area contributed by atoms with Crippen LogP contribution in [0.2, 0.25) is 0 Å². The molecule has 0 aromatic heterocycles. The monoisotopic (exact) mass is 202 g/mol. The number of halogens is 2. The maximum absolute atomic E-state index is 10.6. The average molecular weight is 203 g/mol. The average Bonchev–Trinajstić information content (AvgIpc) is 1.89. The molecule has 0 heterocycles. The van der Waals surface area contributed by atoms with Crippen molar-refractivity contribution in [2.24, 2.45) is 0 Å². The summed E-state index contributed by atoms with van der Waals surface area (Å²) < 4.78 is 21.3. The summed E-state index contributed by atoms with van der Waals surface area (Å²) >= 11 is 10.4. The number of hydrogen-bond acceptors (Lipinski definition) is 2. The summed E-state index contributed by atoms with van der Waals surface area (Å²) in [7, 11) is -3.07. The van der Waals surface area contributed by atoms with Crippen LogP contribution in [-0.2, 0) is 9.84 Å². The van der Waals surface area contributed by atoms with E-state index in [-0.39, 0.29) is 11.0 Å². The molecule has 0 aromatic rings. The third-order valence-electron chi connectivity index (χ3n) is 0.772. The van der Waals surface area contributed by atoms with E-state index in [1.54, 1.807) is 6.08 Å². The first-order chi connectivity index (χ1) is 4.62. The zero-order valence-corrected chi connectivity index (χ0v) is 7.59. The second kappa shape index (κ2) is 4.99. The van der Waals surface area contributed by atoms with E-state index in [0.717, 1.165) is 0 Å². The Balaban J connectivity index is 3.80. The van der Waals surface area contributed by atoms with Gasteiger partial charge in [0.2, 0.25) is 0 Å². The Morgan fingerprint density at radius 3 is 2.20 bits per heavy atom. The minimum Gasteiger partial charge on any atom is -0.227 e. The quantitative estimate of drug-likeness (QED) is 0.511. The second-order valence-corrected chi connectivity index (χ2v) is 4.65. The Labute approximate surface area is 70.7 Å². The fourth-order valence-electron chi connectivity index (χ4n) is 0.322. The lowest BCUT2D eigenvalue weighted by Crippen LogP contribution is -2.04. The summed E-state index contributed by atoms with van der Waals surface area (Å²) in [6, 6.07) is 0. The first-order valence-corrected chi connectivity index (χ1v) is 5.49. The standard InChI is InChI=1S/C5H8Cl2O2S/c6-3-1-2-4-10(8,9)5-7/h1-2H,3-5H2/b2-1+. The van der Waals surface area contributed by atoms with E-state index in [9.17, 15) is 8.42 Å². The van der Waals surface area contributed by atoms with Crippen LogP contribution in [0.25, 0.3) is 0 Å². The van der Waals surface area contributed by atoms with Gasteiger partial charge in [0.25, 0.3) is 0 Å². The maximum Gasteiger partial charge on any atom is 0.167 e. The molecule has 0 fully saturated rings. The highest BCUT2D eigenvalue weighted by Gasteiger charge is 2.03. The molecule has 0 aliphatic heterocycles. The second-order valence-electron chi connectivity index (χ2n) is 1.65. The van der Waals surface area contributed by atoms with Crippen LogP contribution >= 0.6 is 23.2 Å². The molecular formula is C5H8Cl2O2S. The van der Waals surface area contributed by atoms with Crippen molar-refractivity contribution in [1.29, 1.82) is 0 Å². The lowest BCUT2D eigenvalue weighted by Gasteiger charge is -1.90. The molecule has 0 N–H and O–H groups in total. The molecule has 60 valence electrons. The fraction of sp³-hybridized carbons (Fsp3) is 0.600. The summed E-state index contributed by atoms with van der Waals surface area (Å²) in [4.78, 5) is 0. The predicted molar refractivity (Wildman–Crippen MR) is 44.4 cm³/mol. The van der Waals surface area contributed by atoms with Crippen LogP contribution in [-0.4, -0.2) is 25.3 Å². The van der Waals surface area contributed by atoms with Gasteiger partial charge in [0, 0.05) is 5.88 Å². The summed E-state index contributed by atoms with van der Waals surface area (Å²) in [5, 5.41) is -0.334. The van der Waals surface area contributed by atoms with E-state index in [4.69, 9.17) is 23.2 Å². The SMILES string of the molecule is O=S(=O)(CCl)C/C=C/CCl. The third-order valence-corrected chi connectivity index (χ3v) is 2.98. The molecule has 0 aliphatic rings. The minimum atomic E-state index is -3.07. The molecule has 5 heteroatoms. The summed E-state index contributed by atoms with van der Waals surface area (Å²) in [6.45, 7) is 0. The molecule has 10 heavy (non-hydrogen) atoms. The Morgan fingerprint density at radius 2 is 1.80 bits per heavy atom. The van der Waals surface area contributed by atoms with Gasteiger partial charge < -0.3 is 0 Å². The molecule has 0 saturated carbocycles.